The van der Waals surface area contributed by atoms with Gasteiger partial charge in [0.05, 0.1) is 30.4 Å². The molecule has 1 aliphatic carbocycles. The molecule has 5 rings (SSSR count). The van der Waals surface area contributed by atoms with Crippen LogP contribution in [-0.2, 0) is 10.9 Å². The summed E-state index contributed by atoms with van der Waals surface area (Å²) < 4.78 is 51.5. The Kier molecular flexibility index (Phi) is 7.28. The van der Waals surface area contributed by atoms with Crippen LogP contribution in [-0.4, -0.2) is 73.7 Å². The van der Waals surface area contributed by atoms with Crippen molar-refractivity contribution in [3.63, 3.8) is 0 Å². The number of nitrogens with zero attached hydrogens (tertiary/aromatic N) is 2. The lowest BCUT2D eigenvalue weighted by molar-refractivity contribution is -0.136. The molecule has 11 heteroatoms. The highest BCUT2D eigenvalue weighted by Crippen LogP contribution is 2.42. The van der Waals surface area contributed by atoms with Gasteiger partial charge in [-0.1, -0.05) is 14.0 Å². The number of ether oxygens (including phenoxy) is 2. The molecule has 1 aliphatic heterocycles. The molecule has 2 aromatic heterocycles. The molecule has 3 aromatic rings. The number of hydrogen-bond donors (Lipinski definition) is 3. The van der Waals surface area contributed by atoms with Gasteiger partial charge in [-0.3, -0.25) is 4.90 Å². The van der Waals surface area contributed by atoms with Gasteiger partial charge in [-0.2, -0.15) is 13.2 Å². The average Bonchev–Trinajstić information content (AvgIpc) is 3.62. The van der Waals surface area contributed by atoms with Gasteiger partial charge in [0.15, 0.2) is 0 Å². The number of alkyl halides is 3. The highest BCUT2D eigenvalue weighted by molar-refractivity contribution is 7.65. The highest BCUT2D eigenvalue weighted by atomic mass is 31.1. The maximum Gasteiger partial charge on any atom is 0.418 e. The molecular formula is C25H31F3N5O2P. The fourth-order valence-corrected chi connectivity index (χ4v) is 7.07. The van der Waals surface area contributed by atoms with Gasteiger partial charge in [-0.15, -0.1) is 0 Å². The molecule has 0 unspecified atom stereocenters. The molecule has 1 saturated carbocycles. The molecule has 0 amide bonds. The summed E-state index contributed by atoms with van der Waals surface area (Å²) in [7, 11) is 2.94. The lowest BCUT2D eigenvalue weighted by Crippen LogP contribution is -2.37. The third-order valence-electron chi connectivity index (χ3n) is 6.76. The first-order valence-corrected chi connectivity index (χ1v) is 13.8. The molecule has 1 saturated heterocycles. The Morgan fingerprint density at radius 3 is 2.58 bits per heavy atom. The summed E-state index contributed by atoms with van der Waals surface area (Å²) in [6.45, 7) is 3.04. The van der Waals surface area contributed by atoms with E-state index in [1.54, 1.807) is 20.3 Å². The number of rotatable bonds is 9. The Hall–Kier alpha value is -2.55. The number of halogens is 3. The Bertz CT molecular complexity index is 1210. The summed E-state index contributed by atoms with van der Waals surface area (Å²) in [5.41, 5.74) is 0.432. The van der Waals surface area contributed by atoms with Crippen molar-refractivity contribution in [1.82, 2.24) is 14.9 Å². The molecule has 0 bridgehead atoms. The molecule has 2 fully saturated rings. The van der Waals surface area contributed by atoms with Crippen molar-refractivity contribution < 1.29 is 22.6 Å². The maximum absolute atomic E-state index is 13.6. The fraction of sp³-hybridized carbons (Fsp3) is 0.480. The molecule has 0 spiro atoms. The van der Waals surface area contributed by atoms with Crippen LogP contribution in [0.1, 0.15) is 18.4 Å². The minimum atomic E-state index is -4.50. The zero-order chi connectivity index (χ0) is 25.3. The van der Waals surface area contributed by atoms with E-state index in [1.807, 2.05) is 6.07 Å². The van der Waals surface area contributed by atoms with Gasteiger partial charge < -0.3 is 25.1 Å². The van der Waals surface area contributed by atoms with Crippen LogP contribution in [0.4, 0.5) is 30.4 Å². The minimum Gasteiger partial charge on any atom is -0.495 e. The van der Waals surface area contributed by atoms with Crippen LogP contribution < -0.4 is 20.7 Å². The lowest BCUT2D eigenvalue weighted by atomic mass is 10.1. The lowest BCUT2D eigenvalue weighted by Gasteiger charge is -2.32. The van der Waals surface area contributed by atoms with Crippen molar-refractivity contribution in [3.8, 4) is 5.75 Å². The van der Waals surface area contributed by atoms with Crippen LogP contribution in [0.25, 0.3) is 11.0 Å². The van der Waals surface area contributed by atoms with Gasteiger partial charge in [-0.05, 0) is 42.6 Å². The Morgan fingerprint density at radius 1 is 1.14 bits per heavy atom. The summed E-state index contributed by atoms with van der Waals surface area (Å²) in [4.78, 5) is 9.71. The second kappa shape index (κ2) is 10.4. The summed E-state index contributed by atoms with van der Waals surface area (Å²) in [6.07, 6.45) is 1.54. The third-order valence-corrected chi connectivity index (χ3v) is 9.25. The van der Waals surface area contributed by atoms with Crippen LogP contribution in [0.3, 0.4) is 0 Å². The molecule has 1 aromatic carbocycles. The molecular weight excluding hydrogens is 490 g/mol. The number of hydrogen-bond acceptors (Lipinski definition) is 6. The van der Waals surface area contributed by atoms with Crippen molar-refractivity contribution in [1.29, 1.82) is 0 Å². The largest absolute Gasteiger partial charge is 0.495 e. The Morgan fingerprint density at radius 2 is 1.92 bits per heavy atom. The second-order valence-corrected chi connectivity index (χ2v) is 11.7. The molecule has 0 radical (unpaired) electrons. The normalized spacial score (nSPS) is 17.5. The number of fused-ring (bicyclic) bond motifs is 1. The first-order chi connectivity index (χ1) is 17.4. The Labute approximate surface area is 209 Å². The van der Waals surface area contributed by atoms with Gasteiger partial charge in [0.25, 0.3) is 0 Å². The van der Waals surface area contributed by atoms with Crippen LogP contribution >= 0.6 is 7.92 Å². The molecule has 7 nitrogen and oxygen atoms in total. The summed E-state index contributed by atoms with van der Waals surface area (Å²) in [5, 5.41) is 7.62. The van der Waals surface area contributed by atoms with Crippen molar-refractivity contribution in [2.24, 2.45) is 0 Å². The first kappa shape index (κ1) is 25.1. The highest BCUT2D eigenvalue weighted by Gasteiger charge is 2.35. The summed E-state index contributed by atoms with van der Waals surface area (Å²) in [5.74, 6) is 1.10. The Balaban J connectivity index is 1.39. The predicted octanol–water partition coefficient (Wildman–Crippen LogP) is 4.98. The zero-order valence-corrected chi connectivity index (χ0v) is 21.3. The topological polar surface area (TPSA) is 74.4 Å². The molecule has 2 aliphatic rings. The number of anilines is 3. The quantitative estimate of drug-likeness (QED) is 0.273. The summed E-state index contributed by atoms with van der Waals surface area (Å²) in [6, 6.07) is 8.60. The van der Waals surface area contributed by atoms with E-state index < -0.39 is 11.7 Å². The number of aromatic nitrogens is 2. The van der Waals surface area contributed by atoms with E-state index in [4.69, 9.17) is 9.47 Å². The van der Waals surface area contributed by atoms with Gasteiger partial charge in [-0.25, -0.2) is 4.98 Å². The standard InChI is InChI=1S/C25H31F3N5O2P/c1-34-10-7-29-20-14-22(32-24-23(20)18(15-30-24)25(26,27)28)31-19-6-5-17(13-21(19)35-2)36-11-8-33(9-12-36)16-3-4-16/h5-6,13-16H,3-4,7-12H2,1-2H3,(H3,29,30,31,32). The molecule has 3 N–H and O–H groups in total. The molecule has 0 atom stereocenters. The zero-order valence-electron chi connectivity index (χ0n) is 20.4. The second-order valence-electron chi connectivity index (χ2n) is 9.16. The smallest absolute Gasteiger partial charge is 0.418 e. The van der Waals surface area contributed by atoms with Crippen molar-refractivity contribution in [2.75, 3.05) is 63.4 Å². The van der Waals surface area contributed by atoms with Crippen molar-refractivity contribution >= 4 is 41.5 Å². The number of nitrogens with one attached hydrogen (secondary N) is 3. The van der Waals surface area contributed by atoms with E-state index in [0.717, 1.165) is 25.3 Å². The molecule has 36 heavy (non-hydrogen) atoms. The van der Waals surface area contributed by atoms with Crippen LogP contribution in [0.2, 0.25) is 0 Å². The number of aromatic amines is 1. The summed E-state index contributed by atoms with van der Waals surface area (Å²) >= 11 is 0. The average molecular weight is 522 g/mol. The minimum absolute atomic E-state index is 0.00630. The van der Waals surface area contributed by atoms with Crippen LogP contribution in [0, 0.1) is 0 Å². The predicted molar refractivity (Wildman–Crippen MR) is 139 cm³/mol. The van der Waals surface area contributed by atoms with E-state index in [2.05, 4.69) is 37.6 Å². The fourth-order valence-electron chi connectivity index (χ4n) is 4.75. The monoisotopic (exact) mass is 521 g/mol. The van der Waals surface area contributed by atoms with E-state index in [1.165, 1.54) is 30.5 Å². The number of methoxy groups -OCH3 is 2. The van der Waals surface area contributed by atoms with E-state index in [9.17, 15) is 13.2 Å². The van der Waals surface area contributed by atoms with Crippen LogP contribution in [0.15, 0.2) is 30.5 Å². The molecule has 194 valence electrons. The first-order valence-electron chi connectivity index (χ1n) is 12.1. The van der Waals surface area contributed by atoms with Gasteiger partial charge >= 0.3 is 6.18 Å². The van der Waals surface area contributed by atoms with Crippen LogP contribution in [0.5, 0.6) is 5.75 Å². The number of pyridine rings is 1. The van der Waals surface area contributed by atoms with E-state index in [0.29, 0.717) is 36.1 Å². The number of benzene rings is 1. The van der Waals surface area contributed by atoms with Crippen molar-refractivity contribution in [2.45, 2.75) is 25.1 Å². The van der Waals surface area contributed by atoms with Gasteiger partial charge in [0.1, 0.15) is 17.2 Å². The maximum atomic E-state index is 13.6. The van der Waals surface area contributed by atoms with E-state index in [-0.39, 0.29) is 19.0 Å². The van der Waals surface area contributed by atoms with Gasteiger partial charge in [0.2, 0.25) is 0 Å². The van der Waals surface area contributed by atoms with E-state index >= 15 is 0 Å². The third kappa shape index (κ3) is 5.41. The molecule has 3 heterocycles. The van der Waals surface area contributed by atoms with Gasteiger partial charge in [0, 0.05) is 50.7 Å². The number of H-pyrrole nitrogens is 1. The SMILES string of the molecule is COCCNc1cc(Nc2ccc(P3CCN(C4CC4)CC3)cc2OC)nc2[nH]cc(C(F)(F)F)c12. The van der Waals surface area contributed by atoms with Crippen molar-refractivity contribution in [3.05, 3.63) is 36.0 Å².